The third kappa shape index (κ3) is 6.51. The largest absolute Gasteiger partial charge is 0.339 e. The van der Waals surface area contributed by atoms with Crippen LogP contribution >= 0.6 is 27.3 Å². The number of carbonyl (C=O) groups excluding carboxylic acids is 1. The molecule has 1 aliphatic rings. The van der Waals surface area contributed by atoms with Crippen LogP contribution in [0.15, 0.2) is 80.8 Å². The highest BCUT2D eigenvalue weighted by molar-refractivity contribution is 9.11. The maximum atomic E-state index is 13.5. The van der Waals surface area contributed by atoms with Gasteiger partial charge in [0.1, 0.15) is 10.3 Å². The summed E-state index contributed by atoms with van der Waals surface area (Å²) in [4.78, 5) is 17.6. The minimum absolute atomic E-state index is 0.183. The van der Waals surface area contributed by atoms with Crippen molar-refractivity contribution in [2.45, 2.75) is 23.2 Å². The number of hydrogen-bond acceptors (Lipinski definition) is 5. The molecule has 3 aromatic rings. The van der Waals surface area contributed by atoms with E-state index in [0.717, 1.165) is 40.3 Å². The fraction of sp³-hybridized carbons (Fsp3) is 0.292. The van der Waals surface area contributed by atoms with Crippen molar-refractivity contribution in [2.75, 3.05) is 26.2 Å². The molecule has 1 fully saturated rings. The molecular formula is C24H26BrN3O3S2. The van der Waals surface area contributed by atoms with E-state index in [1.807, 2.05) is 48.5 Å². The Bertz CT molecular complexity index is 1160. The Morgan fingerprint density at radius 3 is 2.09 bits per heavy atom. The Balaban J connectivity index is 1.45. The third-order valence-corrected chi connectivity index (χ3v) is 9.21. The van der Waals surface area contributed by atoms with Gasteiger partial charge in [0.05, 0.1) is 3.79 Å². The van der Waals surface area contributed by atoms with Crippen molar-refractivity contribution in [1.29, 1.82) is 0 Å². The molecule has 0 spiro atoms. The average Bonchev–Trinajstić information content (AvgIpc) is 3.27. The van der Waals surface area contributed by atoms with Crippen LogP contribution in [0, 0.1) is 0 Å². The summed E-state index contributed by atoms with van der Waals surface area (Å²) < 4.78 is 29.6. The van der Waals surface area contributed by atoms with Crippen LogP contribution < -0.4 is 4.72 Å². The van der Waals surface area contributed by atoms with Gasteiger partial charge in [-0.05, 0) is 45.6 Å². The van der Waals surface area contributed by atoms with Gasteiger partial charge in [0.15, 0.2) is 0 Å². The summed E-state index contributed by atoms with van der Waals surface area (Å²) in [6.07, 6.45) is 0.301. The monoisotopic (exact) mass is 547 g/mol. The second kappa shape index (κ2) is 10.9. The van der Waals surface area contributed by atoms with Crippen molar-refractivity contribution in [2.24, 2.45) is 0 Å². The fourth-order valence-corrected chi connectivity index (χ4v) is 7.12. The Kier molecular flexibility index (Phi) is 7.98. The van der Waals surface area contributed by atoms with Crippen LogP contribution in [0.5, 0.6) is 0 Å². The standard InChI is InChI=1S/C24H26BrN3O3S2/c25-22-11-12-23(32-22)33(30,31)26-21(17-19-7-3-1-4-8-19)24(29)28-15-13-27(14-16-28)18-20-9-5-2-6-10-20/h1-12,21,26H,13-18H2/t21-/m0/s1. The Morgan fingerprint density at radius 2 is 1.52 bits per heavy atom. The van der Waals surface area contributed by atoms with Gasteiger partial charge < -0.3 is 4.90 Å². The molecule has 9 heteroatoms. The van der Waals surface area contributed by atoms with E-state index in [1.165, 1.54) is 5.56 Å². The molecular weight excluding hydrogens is 522 g/mol. The topological polar surface area (TPSA) is 69.7 Å². The number of carbonyl (C=O) groups is 1. The summed E-state index contributed by atoms with van der Waals surface area (Å²) in [5, 5.41) is 0. The number of nitrogens with zero attached hydrogens (tertiary/aromatic N) is 2. The van der Waals surface area contributed by atoms with Gasteiger partial charge in [-0.1, -0.05) is 60.7 Å². The number of benzene rings is 2. The van der Waals surface area contributed by atoms with Gasteiger partial charge in [-0.3, -0.25) is 9.69 Å². The molecule has 1 aromatic heterocycles. The molecule has 1 N–H and O–H groups in total. The maximum absolute atomic E-state index is 13.5. The number of amides is 1. The second-order valence-electron chi connectivity index (χ2n) is 8.01. The third-order valence-electron chi connectivity index (χ3n) is 5.62. The minimum Gasteiger partial charge on any atom is -0.339 e. The van der Waals surface area contributed by atoms with Gasteiger partial charge in [0, 0.05) is 32.7 Å². The number of halogens is 1. The molecule has 0 aliphatic carbocycles. The Morgan fingerprint density at radius 1 is 0.909 bits per heavy atom. The lowest BCUT2D eigenvalue weighted by atomic mass is 10.1. The van der Waals surface area contributed by atoms with Crippen molar-refractivity contribution >= 4 is 43.2 Å². The van der Waals surface area contributed by atoms with E-state index < -0.39 is 16.1 Å². The molecule has 174 valence electrons. The van der Waals surface area contributed by atoms with Crippen LogP contribution in [-0.4, -0.2) is 56.3 Å². The normalized spacial score (nSPS) is 16.0. The van der Waals surface area contributed by atoms with E-state index in [9.17, 15) is 13.2 Å². The molecule has 2 aromatic carbocycles. The highest BCUT2D eigenvalue weighted by Gasteiger charge is 2.32. The summed E-state index contributed by atoms with van der Waals surface area (Å²) in [6.45, 7) is 3.50. The molecule has 6 nitrogen and oxygen atoms in total. The van der Waals surface area contributed by atoms with Crippen molar-refractivity contribution in [1.82, 2.24) is 14.5 Å². The SMILES string of the molecule is O=C([C@H](Cc1ccccc1)NS(=O)(=O)c1ccc(Br)s1)N1CCN(Cc2ccccc2)CC1. The molecule has 0 unspecified atom stereocenters. The maximum Gasteiger partial charge on any atom is 0.250 e. The molecule has 1 atom stereocenters. The molecule has 1 saturated heterocycles. The van der Waals surface area contributed by atoms with Crippen LogP contribution in [0.4, 0.5) is 0 Å². The van der Waals surface area contributed by atoms with Crippen molar-refractivity contribution in [3.63, 3.8) is 0 Å². The first-order valence-corrected chi connectivity index (χ1v) is 13.9. The summed E-state index contributed by atoms with van der Waals surface area (Å²) in [6, 6.07) is 22.2. The number of nitrogens with one attached hydrogen (secondary N) is 1. The van der Waals surface area contributed by atoms with Gasteiger partial charge >= 0.3 is 0 Å². The zero-order valence-electron chi connectivity index (χ0n) is 18.1. The smallest absolute Gasteiger partial charge is 0.250 e. The molecule has 0 bridgehead atoms. The zero-order chi connectivity index (χ0) is 23.3. The number of piperazine rings is 1. The zero-order valence-corrected chi connectivity index (χ0v) is 21.3. The predicted molar refractivity (Wildman–Crippen MR) is 135 cm³/mol. The van der Waals surface area contributed by atoms with E-state index in [0.29, 0.717) is 19.5 Å². The lowest BCUT2D eigenvalue weighted by molar-refractivity contribution is -0.134. The number of thiophene rings is 1. The van der Waals surface area contributed by atoms with E-state index in [-0.39, 0.29) is 10.1 Å². The molecule has 1 aliphatic heterocycles. The van der Waals surface area contributed by atoms with Crippen molar-refractivity contribution < 1.29 is 13.2 Å². The van der Waals surface area contributed by atoms with E-state index in [1.54, 1.807) is 17.0 Å². The van der Waals surface area contributed by atoms with Crippen molar-refractivity contribution in [3.05, 3.63) is 87.7 Å². The first-order valence-electron chi connectivity index (χ1n) is 10.8. The van der Waals surface area contributed by atoms with E-state index >= 15 is 0 Å². The second-order valence-corrected chi connectivity index (χ2v) is 12.4. The van der Waals surface area contributed by atoms with Crippen LogP contribution in [0.1, 0.15) is 11.1 Å². The number of hydrogen-bond donors (Lipinski definition) is 1. The summed E-state index contributed by atoms with van der Waals surface area (Å²) in [7, 11) is -3.81. The van der Waals surface area contributed by atoms with E-state index in [2.05, 4.69) is 37.7 Å². The highest BCUT2D eigenvalue weighted by atomic mass is 79.9. The molecule has 33 heavy (non-hydrogen) atoms. The molecule has 4 rings (SSSR count). The Labute approximate surface area is 207 Å². The van der Waals surface area contributed by atoms with Crippen LogP contribution in [0.25, 0.3) is 0 Å². The van der Waals surface area contributed by atoms with Crippen LogP contribution in [0.3, 0.4) is 0 Å². The van der Waals surface area contributed by atoms with E-state index in [4.69, 9.17) is 0 Å². The predicted octanol–water partition coefficient (Wildman–Crippen LogP) is 3.74. The number of rotatable bonds is 8. The summed E-state index contributed by atoms with van der Waals surface area (Å²) in [5.74, 6) is -0.183. The lowest BCUT2D eigenvalue weighted by Gasteiger charge is -2.36. The fourth-order valence-electron chi connectivity index (χ4n) is 3.91. The van der Waals surface area contributed by atoms with Crippen molar-refractivity contribution in [3.8, 4) is 0 Å². The number of sulfonamides is 1. The van der Waals surface area contributed by atoms with Gasteiger partial charge in [0.25, 0.3) is 10.0 Å². The quantitative estimate of drug-likeness (QED) is 0.466. The van der Waals surface area contributed by atoms with Gasteiger partial charge in [-0.15, -0.1) is 11.3 Å². The molecule has 2 heterocycles. The van der Waals surface area contributed by atoms with Gasteiger partial charge in [-0.25, -0.2) is 8.42 Å². The van der Waals surface area contributed by atoms with Gasteiger partial charge in [-0.2, -0.15) is 4.72 Å². The Hall–Kier alpha value is -2.04. The van der Waals surface area contributed by atoms with Gasteiger partial charge in [0.2, 0.25) is 5.91 Å². The van der Waals surface area contributed by atoms with Crippen LogP contribution in [-0.2, 0) is 27.8 Å². The first kappa shape index (κ1) is 24.1. The first-order chi connectivity index (χ1) is 15.9. The molecule has 1 amide bonds. The average molecular weight is 549 g/mol. The minimum atomic E-state index is -3.81. The lowest BCUT2D eigenvalue weighted by Crippen LogP contribution is -2.55. The molecule has 0 radical (unpaired) electrons. The highest BCUT2D eigenvalue weighted by Crippen LogP contribution is 2.26. The summed E-state index contributed by atoms with van der Waals surface area (Å²) in [5.41, 5.74) is 2.16. The van der Waals surface area contributed by atoms with Crippen LogP contribution in [0.2, 0.25) is 0 Å². The molecule has 0 saturated carbocycles. The summed E-state index contributed by atoms with van der Waals surface area (Å²) >= 11 is 4.44.